The molecule has 0 aliphatic heterocycles. The van der Waals surface area contributed by atoms with Crippen LogP contribution in [0.5, 0.6) is 0 Å². The molecule has 0 amide bonds. The van der Waals surface area contributed by atoms with Crippen LogP contribution in [0.4, 0.5) is 0 Å². The molecular formula is C11H20P+. The Bertz CT molecular complexity index is 194. The third kappa shape index (κ3) is 4.07. The van der Waals surface area contributed by atoms with Gasteiger partial charge in [0.25, 0.3) is 0 Å². The van der Waals surface area contributed by atoms with Gasteiger partial charge in [-0.2, -0.15) is 0 Å². The first-order valence-corrected chi connectivity index (χ1v) is 8.05. The average molecular weight is 183 g/mol. The average Bonchev–Trinajstić information content (AvgIpc) is 2.02. The Morgan fingerprint density at radius 2 is 2.00 bits per heavy atom. The normalized spacial score (nSPS) is 17.8. The van der Waals surface area contributed by atoms with Crippen LogP contribution in [0, 0.1) is 0 Å². The van der Waals surface area contributed by atoms with Crippen molar-refractivity contribution in [1.82, 2.24) is 0 Å². The fourth-order valence-electron chi connectivity index (χ4n) is 1.32. The molecule has 0 saturated heterocycles. The van der Waals surface area contributed by atoms with E-state index in [2.05, 4.69) is 38.2 Å². The van der Waals surface area contributed by atoms with Crippen LogP contribution < -0.4 is 0 Å². The van der Waals surface area contributed by atoms with Crippen LogP contribution in [0.1, 0.15) is 19.3 Å². The van der Waals surface area contributed by atoms with Crippen LogP contribution in [0.25, 0.3) is 0 Å². The molecule has 0 nitrogen and oxygen atoms in total. The molecule has 0 unspecified atom stereocenters. The van der Waals surface area contributed by atoms with Gasteiger partial charge in [0.2, 0.25) is 0 Å². The Kier molecular flexibility index (Phi) is 3.53. The predicted molar refractivity (Wildman–Crippen MR) is 60.6 cm³/mol. The van der Waals surface area contributed by atoms with Crippen molar-refractivity contribution in [2.75, 3.05) is 26.2 Å². The fraction of sp³-hybridized carbons (Fsp3) is 0.636. The summed E-state index contributed by atoms with van der Waals surface area (Å²) in [5, 5.41) is 0. The van der Waals surface area contributed by atoms with Crippen LogP contribution in [0.2, 0.25) is 0 Å². The topological polar surface area (TPSA) is 0 Å². The van der Waals surface area contributed by atoms with Gasteiger partial charge in [0.05, 0.1) is 6.16 Å². The van der Waals surface area contributed by atoms with E-state index in [9.17, 15) is 0 Å². The number of rotatable bonds is 3. The largest absolute Gasteiger partial charge is 0.0840 e. The van der Waals surface area contributed by atoms with E-state index < -0.39 is 7.26 Å². The minimum Gasteiger partial charge on any atom is -0.0840 e. The van der Waals surface area contributed by atoms with Gasteiger partial charge < -0.3 is 0 Å². The van der Waals surface area contributed by atoms with E-state index in [-0.39, 0.29) is 0 Å². The summed E-state index contributed by atoms with van der Waals surface area (Å²) in [5.74, 6) is 0. The zero-order valence-corrected chi connectivity index (χ0v) is 9.40. The summed E-state index contributed by atoms with van der Waals surface area (Å²) in [5.41, 5.74) is 1.57. The summed E-state index contributed by atoms with van der Waals surface area (Å²) in [6.07, 6.45) is 12.2. The molecule has 0 spiro atoms. The Morgan fingerprint density at radius 1 is 1.25 bits per heavy atom. The van der Waals surface area contributed by atoms with Gasteiger partial charge in [-0.3, -0.25) is 0 Å². The molecule has 1 rings (SSSR count). The van der Waals surface area contributed by atoms with Gasteiger partial charge in [-0.25, -0.2) is 0 Å². The lowest BCUT2D eigenvalue weighted by Gasteiger charge is -2.13. The van der Waals surface area contributed by atoms with E-state index in [0.29, 0.717) is 0 Å². The quantitative estimate of drug-likeness (QED) is 0.587. The second kappa shape index (κ2) is 4.23. The van der Waals surface area contributed by atoms with Crippen molar-refractivity contribution in [2.45, 2.75) is 19.3 Å². The van der Waals surface area contributed by atoms with E-state index >= 15 is 0 Å². The van der Waals surface area contributed by atoms with Crippen molar-refractivity contribution >= 4 is 7.26 Å². The van der Waals surface area contributed by atoms with Crippen molar-refractivity contribution in [1.29, 1.82) is 0 Å². The Labute approximate surface area is 77.1 Å². The SMILES string of the molecule is C[P+](C)(C)CCC1=CCCC=C1. The summed E-state index contributed by atoms with van der Waals surface area (Å²) in [6.45, 7) is 7.25. The lowest BCUT2D eigenvalue weighted by Crippen LogP contribution is -1.95. The minimum atomic E-state index is -0.557. The molecule has 0 saturated carbocycles. The van der Waals surface area contributed by atoms with E-state index in [1.165, 1.54) is 25.4 Å². The van der Waals surface area contributed by atoms with Gasteiger partial charge in [-0.1, -0.05) is 18.2 Å². The van der Waals surface area contributed by atoms with Crippen LogP contribution in [0.15, 0.2) is 23.8 Å². The summed E-state index contributed by atoms with van der Waals surface area (Å²) in [4.78, 5) is 0. The van der Waals surface area contributed by atoms with E-state index in [1.54, 1.807) is 5.57 Å². The highest BCUT2D eigenvalue weighted by Gasteiger charge is 2.16. The Hall–Kier alpha value is -0.0900. The number of hydrogen-bond donors (Lipinski definition) is 0. The highest BCUT2D eigenvalue weighted by atomic mass is 31.2. The molecule has 0 N–H and O–H groups in total. The van der Waals surface area contributed by atoms with Crippen molar-refractivity contribution < 1.29 is 0 Å². The summed E-state index contributed by atoms with van der Waals surface area (Å²) in [6, 6.07) is 0. The maximum absolute atomic E-state index is 2.42. The summed E-state index contributed by atoms with van der Waals surface area (Å²) in [7, 11) is -0.557. The number of hydrogen-bond acceptors (Lipinski definition) is 0. The highest BCUT2D eigenvalue weighted by molar-refractivity contribution is 7.73. The first-order chi connectivity index (χ1) is 5.58. The third-order valence-corrected chi connectivity index (χ3v) is 3.71. The number of allylic oxidation sites excluding steroid dienone is 4. The molecule has 0 radical (unpaired) electrons. The zero-order valence-electron chi connectivity index (χ0n) is 8.51. The van der Waals surface area contributed by atoms with Gasteiger partial charge >= 0.3 is 0 Å². The van der Waals surface area contributed by atoms with Crippen molar-refractivity contribution in [3.63, 3.8) is 0 Å². The maximum atomic E-state index is 2.42. The lowest BCUT2D eigenvalue weighted by molar-refractivity contribution is 0.985. The smallest absolute Gasteiger partial charge is 0.0626 e. The third-order valence-electron chi connectivity index (χ3n) is 2.14. The summed E-state index contributed by atoms with van der Waals surface area (Å²) < 4.78 is 0. The van der Waals surface area contributed by atoms with Gasteiger partial charge in [0, 0.05) is 33.7 Å². The van der Waals surface area contributed by atoms with Gasteiger partial charge in [0.15, 0.2) is 0 Å². The molecular weight excluding hydrogens is 163 g/mol. The van der Waals surface area contributed by atoms with Crippen LogP contribution in [0.3, 0.4) is 0 Å². The van der Waals surface area contributed by atoms with Crippen molar-refractivity contribution in [3.05, 3.63) is 23.8 Å². The van der Waals surface area contributed by atoms with Crippen LogP contribution in [-0.4, -0.2) is 26.2 Å². The maximum Gasteiger partial charge on any atom is 0.0626 e. The molecule has 1 aliphatic rings. The fourth-order valence-corrected chi connectivity index (χ4v) is 2.25. The zero-order chi connectivity index (χ0) is 9.03. The molecule has 0 heterocycles. The van der Waals surface area contributed by atoms with Crippen LogP contribution in [-0.2, 0) is 0 Å². The van der Waals surface area contributed by atoms with Gasteiger partial charge in [-0.15, -0.1) is 0 Å². The molecule has 0 aromatic heterocycles. The van der Waals surface area contributed by atoms with Crippen molar-refractivity contribution in [2.24, 2.45) is 0 Å². The Morgan fingerprint density at radius 3 is 2.50 bits per heavy atom. The van der Waals surface area contributed by atoms with E-state index in [1.807, 2.05) is 0 Å². The first-order valence-electron chi connectivity index (χ1n) is 4.74. The van der Waals surface area contributed by atoms with E-state index in [0.717, 1.165) is 0 Å². The molecule has 0 bridgehead atoms. The van der Waals surface area contributed by atoms with Crippen molar-refractivity contribution in [3.8, 4) is 0 Å². The highest BCUT2D eigenvalue weighted by Crippen LogP contribution is 2.47. The molecule has 1 heteroatoms. The molecule has 12 heavy (non-hydrogen) atoms. The molecule has 0 aromatic carbocycles. The van der Waals surface area contributed by atoms with E-state index in [4.69, 9.17) is 0 Å². The van der Waals surface area contributed by atoms with Gasteiger partial charge in [0.1, 0.15) is 0 Å². The monoisotopic (exact) mass is 183 g/mol. The minimum absolute atomic E-state index is 0.557. The lowest BCUT2D eigenvalue weighted by atomic mass is 10.1. The van der Waals surface area contributed by atoms with Gasteiger partial charge in [-0.05, 0) is 18.4 Å². The molecule has 0 aromatic rings. The molecule has 0 atom stereocenters. The molecule has 1 aliphatic carbocycles. The second-order valence-electron chi connectivity index (χ2n) is 4.52. The molecule has 68 valence electrons. The second-order valence-corrected chi connectivity index (χ2v) is 9.55. The predicted octanol–water partition coefficient (Wildman–Crippen LogP) is 3.56. The Balaban J connectivity index is 2.32. The summed E-state index contributed by atoms with van der Waals surface area (Å²) >= 11 is 0. The van der Waals surface area contributed by atoms with Crippen LogP contribution >= 0.6 is 7.26 Å². The molecule has 0 fully saturated rings. The standard InChI is InChI=1S/C11H20P/c1-12(2,3)10-9-11-7-5-4-6-8-11/h5,7-8H,4,6,9-10H2,1-3H3/q+1. The first kappa shape index (κ1) is 9.99.